The predicted molar refractivity (Wildman–Crippen MR) is 82.0 cm³/mol. The van der Waals surface area contributed by atoms with Crippen molar-refractivity contribution in [2.24, 2.45) is 0 Å². The van der Waals surface area contributed by atoms with Crippen LogP contribution in [0.3, 0.4) is 0 Å². The van der Waals surface area contributed by atoms with Crippen LogP contribution in [-0.4, -0.2) is 39.7 Å². The van der Waals surface area contributed by atoms with Crippen molar-refractivity contribution >= 4 is 27.5 Å². The Balaban J connectivity index is 2.44. The lowest BCUT2D eigenvalue weighted by atomic mass is 10.1. The van der Waals surface area contributed by atoms with Gasteiger partial charge >= 0.3 is 0 Å². The number of aliphatic hydroxyl groups is 1. The Morgan fingerprint density at radius 1 is 1.48 bits per heavy atom. The summed E-state index contributed by atoms with van der Waals surface area (Å²) in [5.41, 5.74) is 0.124. The Hall–Kier alpha value is -1.73. The Morgan fingerprint density at radius 2 is 2.19 bits per heavy atom. The molecule has 2 rings (SSSR count). The quantitative estimate of drug-likeness (QED) is 0.881. The Kier molecular flexibility index (Phi) is 4.43. The fraction of sp³-hybridized carbons (Fsp3) is 0.500. The Labute approximate surface area is 127 Å². The molecule has 114 valence electrons. The van der Waals surface area contributed by atoms with Gasteiger partial charge in [-0.25, -0.2) is 9.97 Å². The minimum Gasteiger partial charge on any atom is -0.477 e. The topological polar surface area (TPSA) is 84.3 Å². The van der Waals surface area contributed by atoms with Gasteiger partial charge in [0.25, 0.3) is 5.91 Å². The zero-order valence-corrected chi connectivity index (χ0v) is 13.4. The van der Waals surface area contributed by atoms with Crippen LogP contribution in [0.4, 0.5) is 0 Å². The van der Waals surface area contributed by atoms with Gasteiger partial charge in [-0.1, -0.05) is 0 Å². The van der Waals surface area contributed by atoms with Crippen LogP contribution in [0.25, 0.3) is 10.2 Å². The van der Waals surface area contributed by atoms with Crippen LogP contribution in [0.15, 0.2) is 6.33 Å². The van der Waals surface area contributed by atoms with Gasteiger partial charge in [0.1, 0.15) is 11.2 Å². The number of hydrogen-bond acceptors (Lipinski definition) is 6. The van der Waals surface area contributed by atoms with E-state index in [4.69, 9.17) is 4.74 Å². The number of nitrogens with one attached hydrogen (secondary N) is 1. The van der Waals surface area contributed by atoms with E-state index in [1.807, 2.05) is 13.8 Å². The molecule has 0 aliphatic rings. The molecule has 2 heterocycles. The van der Waals surface area contributed by atoms with Crippen LogP contribution in [0.5, 0.6) is 5.88 Å². The van der Waals surface area contributed by atoms with Crippen molar-refractivity contribution < 1.29 is 14.6 Å². The molecule has 0 bridgehead atoms. The third-order valence-electron chi connectivity index (χ3n) is 3.03. The number of carbonyl (C=O) groups is 1. The lowest BCUT2D eigenvalue weighted by Crippen LogP contribution is -2.46. The average molecular weight is 309 g/mol. The van der Waals surface area contributed by atoms with Gasteiger partial charge in [0.2, 0.25) is 5.88 Å². The molecule has 7 heteroatoms. The standard InChI is InChI=1S/C14H19N3O3S/c1-5-20-12-9-8(2)10(21-13(9)16-7-15-12)11(19)17-14(3,4)6-18/h7,18H,5-6H2,1-4H3,(H,17,19). The number of hydrogen-bond donors (Lipinski definition) is 2. The first-order valence-electron chi connectivity index (χ1n) is 6.70. The average Bonchev–Trinajstić information content (AvgIpc) is 2.77. The summed E-state index contributed by atoms with van der Waals surface area (Å²) in [7, 11) is 0. The van der Waals surface area contributed by atoms with Gasteiger partial charge in [-0.05, 0) is 33.3 Å². The lowest BCUT2D eigenvalue weighted by Gasteiger charge is -2.23. The van der Waals surface area contributed by atoms with Crippen molar-refractivity contribution in [3.63, 3.8) is 0 Å². The number of fused-ring (bicyclic) bond motifs is 1. The van der Waals surface area contributed by atoms with E-state index in [2.05, 4.69) is 15.3 Å². The second-order valence-electron chi connectivity index (χ2n) is 5.34. The molecule has 21 heavy (non-hydrogen) atoms. The van der Waals surface area contributed by atoms with E-state index in [1.54, 1.807) is 13.8 Å². The number of carbonyl (C=O) groups excluding carboxylic acids is 1. The van der Waals surface area contributed by atoms with Crippen molar-refractivity contribution in [2.75, 3.05) is 13.2 Å². The molecule has 2 aromatic heterocycles. The first-order chi connectivity index (χ1) is 9.89. The first-order valence-corrected chi connectivity index (χ1v) is 7.51. The summed E-state index contributed by atoms with van der Waals surface area (Å²) in [4.78, 5) is 22.0. The van der Waals surface area contributed by atoms with Crippen LogP contribution in [-0.2, 0) is 0 Å². The smallest absolute Gasteiger partial charge is 0.262 e. The van der Waals surface area contributed by atoms with E-state index in [-0.39, 0.29) is 12.5 Å². The summed E-state index contributed by atoms with van der Waals surface area (Å²) in [6.45, 7) is 7.63. The predicted octanol–water partition coefficient (Wildman–Crippen LogP) is 1.90. The second-order valence-corrected chi connectivity index (χ2v) is 6.34. The minimum absolute atomic E-state index is 0.132. The SMILES string of the molecule is CCOc1ncnc2sc(C(=O)NC(C)(C)CO)c(C)c12. The molecule has 0 radical (unpaired) electrons. The van der Waals surface area contributed by atoms with Crippen LogP contribution in [0, 0.1) is 6.92 Å². The van der Waals surface area contributed by atoms with Gasteiger partial charge < -0.3 is 15.2 Å². The summed E-state index contributed by atoms with van der Waals surface area (Å²) in [6.07, 6.45) is 1.43. The fourth-order valence-electron chi connectivity index (χ4n) is 1.91. The number of aryl methyl sites for hydroxylation is 1. The number of amides is 1. The second kappa shape index (κ2) is 5.95. The number of aromatic nitrogens is 2. The van der Waals surface area contributed by atoms with Gasteiger partial charge in [0.15, 0.2) is 0 Å². The highest BCUT2D eigenvalue weighted by molar-refractivity contribution is 7.20. The molecular formula is C14H19N3O3S. The summed E-state index contributed by atoms with van der Waals surface area (Å²) < 4.78 is 5.50. The Morgan fingerprint density at radius 3 is 2.81 bits per heavy atom. The van der Waals surface area contributed by atoms with Gasteiger partial charge in [-0.2, -0.15) is 0 Å². The molecule has 0 aliphatic carbocycles. The molecule has 2 aromatic rings. The highest BCUT2D eigenvalue weighted by Crippen LogP contribution is 2.34. The van der Waals surface area contributed by atoms with Crippen molar-refractivity contribution in [1.82, 2.24) is 15.3 Å². The van der Waals surface area contributed by atoms with Gasteiger partial charge in [0.05, 0.1) is 29.0 Å². The monoisotopic (exact) mass is 309 g/mol. The van der Waals surface area contributed by atoms with Gasteiger partial charge in [0, 0.05) is 0 Å². The number of aliphatic hydroxyl groups excluding tert-OH is 1. The van der Waals surface area contributed by atoms with E-state index in [1.165, 1.54) is 17.7 Å². The minimum atomic E-state index is -0.672. The summed E-state index contributed by atoms with van der Waals surface area (Å²) in [5, 5.41) is 12.8. The number of nitrogens with zero attached hydrogens (tertiary/aromatic N) is 2. The van der Waals surface area contributed by atoms with Gasteiger partial charge in [-0.15, -0.1) is 11.3 Å². The third kappa shape index (κ3) is 3.14. The zero-order valence-electron chi connectivity index (χ0n) is 12.6. The molecule has 0 aliphatic heterocycles. The largest absolute Gasteiger partial charge is 0.477 e. The molecule has 0 aromatic carbocycles. The number of rotatable bonds is 5. The maximum atomic E-state index is 12.4. The van der Waals surface area contributed by atoms with Crippen LogP contribution >= 0.6 is 11.3 Å². The van der Waals surface area contributed by atoms with E-state index in [0.717, 1.165) is 15.8 Å². The highest BCUT2D eigenvalue weighted by atomic mass is 32.1. The molecule has 0 saturated heterocycles. The van der Waals surface area contributed by atoms with Crippen LogP contribution in [0.1, 0.15) is 36.0 Å². The van der Waals surface area contributed by atoms with E-state index >= 15 is 0 Å². The maximum Gasteiger partial charge on any atom is 0.262 e. The van der Waals surface area contributed by atoms with Crippen LogP contribution in [0.2, 0.25) is 0 Å². The molecule has 0 atom stereocenters. The molecular weight excluding hydrogens is 290 g/mol. The fourth-order valence-corrected chi connectivity index (χ4v) is 2.94. The maximum absolute atomic E-state index is 12.4. The van der Waals surface area contributed by atoms with Crippen molar-refractivity contribution in [3.05, 3.63) is 16.8 Å². The molecule has 0 spiro atoms. The van der Waals surface area contributed by atoms with E-state index in [0.29, 0.717) is 17.4 Å². The lowest BCUT2D eigenvalue weighted by molar-refractivity contribution is 0.0873. The molecule has 2 N–H and O–H groups in total. The van der Waals surface area contributed by atoms with Crippen molar-refractivity contribution in [2.45, 2.75) is 33.2 Å². The summed E-state index contributed by atoms with van der Waals surface area (Å²) in [5.74, 6) is 0.272. The van der Waals surface area contributed by atoms with Crippen molar-refractivity contribution in [3.8, 4) is 5.88 Å². The van der Waals surface area contributed by atoms with E-state index < -0.39 is 5.54 Å². The molecule has 0 saturated carbocycles. The molecule has 0 unspecified atom stereocenters. The summed E-state index contributed by atoms with van der Waals surface area (Å²) >= 11 is 1.30. The van der Waals surface area contributed by atoms with Crippen molar-refractivity contribution in [1.29, 1.82) is 0 Å². The molecule has 1 amide bonds. The van der Waals surface area contributed by atoms with E-state index in [9.17, 15) is 9.90 Å². The first kappa shape index (κ1) is 15.7. The highest BCUT2D eigenvalue weighted by Gasteiger charge is 2.24. The molecule has 6 nitrogen and oxygen atoms in total. The number of thiophene rings is 1. The third-order valence-corrected chi connectivity index (χ3v) is 4.23. The van der Waals surface area contributed by atoms with Crippen LogP contribution < -0.4 is 10.1 Å². The summed E-state index contributed by atoms with van der Waals surface area (Å²) in [6, 6.07) is 0. The van der Waals surface area contributed by atoms with Gasteiger partial charge in [-0.3, -0.25) is 4.79 Å². The normalized spacial score (nSPS) is 11.7. The zero-order chi connectivity index (χ0) is 15.6. The number of ether oxygens (including phenoxy) is 1. The Bertz CT molecular complexity index is 667. The molecule has 0 fully saturated rings.